The Morgan fingerprint density at radius 3 is 2.79 bits per heavy atom. The van der Waals surface area contributed by atoms with Crippen LogP contribution in [0.1, 0.15) is 50.2 Å². The molecule has 5 fully saturated rings. The number of nitrogens with one attached hydrogen (secondary N) is 1. The van der Waals surface area contributed by atoms with Crippen molar-refractivity contribution in [2.75, 3.05) is 39.4 Å². The van der Waals surface area contributed by atoms with Gasteiger partial charge in [-0.05, 0) is 62.4 Å². The summed E-state index contributed by atoms with van der Waals surface area (Å²) in [6.07, 6.45) is 12.0. The predicted octanol–water partition coefficient (Wildman–Crippen LogP) is 5.38. The fraction of sp³-hybridized carbons (Fsp3) is 0.432. The van der Waals surface area contributed by atoms with E-state index in [1.807, 2.05) is 0 Å². The third-order valence-electron chi connectivity index (χ3n) is 10.2. The Balaban J connectivity index is 1.35. The second-order valence-corrected chi connectivity index (χ2v) is 13.4. The third-order valence-corrected chi connectivity index (χ3v) is 10.2. The average Bonchev–Trinajstić information content (AvgIpc) is 3.54. The van der Waals surface area contributed by atoms with Gasteiger partial charge in [-0.3, -0.25) is 14.9 Å². The molecule has 244 valence electrons. The van der Waals surface area contributed by atoms with E-state index < -0.39 is 11.6 Å². The van der Waals surface area contributed by atoms with Crippen molar-refractivity contribution >= 4 is 35.1 Å². The van der Waals surface area contributed by atoms with Gasteiger partial charge in [0.2, 0.25) is 0 Å². The van der Waals surface area contributed by atoms with E-state index in [1.54, 1.807) is 6.21 Å². The molecule has 6 aliphatic heterocycles. The summed E-state index contributed by atoms with van der Waals surface area (Å²) in [5, 5.41) is 14.9. The topological polar surface area (TPSA) is 85.1 Å². The Morgan fingerprint density at radius 2 is 2.06 bits per heavy atom. The van der Waals surface area contributed by atoms with Crippen molar-refractivity contribution in [3.05, 3.63) is 70.6 Å². The molecule has 8 rings (SSSR count). The molecule has 2 aromatic rings. The monoisotopic (exact) mass is 638 g/mol. The number of fused-ring (bicyclic) bond motifs is 4. The van der Waals surface area contributed by atoms with Gasteiger partial charge in [-0.2, -0.15) is 0 Å². The average molecular weight is 639 g/mol. The smallest absolute Gasteiger partial charge is 0.175 e. The molecule has 2 bridgehead atoms. The molecule has 5 saturated heterocycles. The first kappa shape index (κ1) is 31.4. The molecule has 0 amide bonds. The fourth-order valence-electron chi connectivity index (χ4n) is 8.14. The number of aromatic hydroxyl groups is 1. The summed E-state index contributed by atoms with van der Waals surface area (Å²) < 4.78 is 38.1. The highest BCUT2D eigenvalue weighted by Gasteiger charge is 2.50. The highest BCUT2D eigenvalue weighted by atomic mass is 19.1. The molecular formula is C37H40F2N6O2. The molecule has 0 aliphatic carbocycles. The van der Waals surface area contributed by atoms with Crippen LogP contribution in [0.4, 0.5) is 8.78 Å². The molecule has 6 aliphatic rings. The Kier molecular flexibility index (Phi) is 8.33. The number of rotatable bonds is 9. The van der Waals surface area contributed by atoms with Gasteiger partial charge in [0.25, 0.3) is 0 Å². The van der Waals surface area contributed by atoms with E-state index in [2.05, 4.69) is 51.2 Å². The molecule has 0 saturated carbocycles. The Hall–Kier alpha value is -4.17. The zero-order valence-electron chi connectivity index (χ0n) is 26.7. The van der Waals surface area contributed by atoms with Crippen LogP contribution in [0.5, 0.6) is 5.75 Å². The van der Waals surface area contributed by atoms with Crippen LogP contribution < -0.4 is 5.32 Å². The first-order valence-corrected chi connectivity index (χ1v) is 16.4. The molecule has 2 N–H and O–H groups in total. The minimum Gasteiger partial charge on any atom is -0.508 e. The number of allylic oxidation sites excluding steroid dienone is 2. The maximum absolute atomic E-state index is 17.2. The van der Waals surface area contributed by atoms with E-state index in [0.717, 1.165) is 44.2 Å². The number of phenolic OH excluding ortho intramolecular Hbond substituents is 1. The minimum absolute atomic E-state index is 0.0254. The number of piperidine rings is 1. The van der Waals surface area contributed by atoms with Crippen LogP contribution in [0.25, 0.3) is 16.5 Å². The highest BCUT2D eigenvalue weighted by Crippen LogP contribution is 2.45. The summed E-state index contributed by atoms with van der Waals surface area (Å²) >= 11 is 0. The molecule has 4 unspecified atom stereocenters. The number of halogens is 2. The number of ether oxygens (including phenoxy) is 1. The van der Waals surface area contributed by atoms with E-state index in [0.29, 0.717) is 67.1 Å². The van der Waals surface area contributed by atoms with Crippen molar-refractivity contribution in [1.29, 1.82) is 0 Å². The Labute approximate surface area is 274 Å². The molecule has 0 aromatic heterocycles. The van der Waals surface area contributed by atoms with Gasteiger partial charge in [0, 0.05) is 67.1 Å². The maximum Gasteiger partial charge on any atom is 0.175 e. The van der Waals surface area contributed by atoms with Gasteiger partial charge in [-0.1, -0.05) is 31.1 Å². The summed E-state index contributed by atoms with van der Waals surface area (Å²) in [6, 6.07) is 6.51. The summed E-state index contributed by atoms with van der Waals surface area (Å²) in [5.74, 6) is 1.51. The number of aliphatic imine (C=N–C) groups is 3. The second kappa shape index (κ2) is 12.5. The van der Waals surface area contributed by atoms with Gasteiger partial charge in [-0.25, -0.2) is 13.8 Å². The van der Waals surface area contributed by atoms with Gasteiger partial charge < -0.3 is 20.1 Å². The van der Waals surface area contributed by atoms with Crippen molar-refractivity contribution in [1.82, 2.24) is 15.1 Å². The molecular weight excluding hydrogens is 598 g/mol. The van der Waals surface area contributed by atoms with Crippen molar-refractivity contribution < 1.29 is 18.6 Å². The summed E-state index contributed by atoms with van der Waals surface area (Å²) in [7, 11) is 0. The van der Waals surface area contributed by atoms with Gasteiger partial charge in [0.05, 0.1) is 24.3 Å². The fourth-order valence-corrected chi connectivity index (χ4v) is 8.14. The molecule has 4 atom stereocenters. The molecule has 8 nitrogen and oxygen atoms in total. The van der Waals surface area contributed by atoms with Gasteiger partial charge in [-0.15, -0.1) is 6.42 Å². The number of benzene rings is 2. The third kappa shape index (κ3) is 5.50. The van der Waals surface area contributed by atoms with Crippen LogP contribution in [-0.2, 0) is 4.74 Å². The van der Waals surface area contributed by atoms with Gasteiger partial charge in [0.15, 0.2) is 5.83 Å². The summed E-state index contributed by atoms with van der Waals surface area (Å²) in [5.41, 5.74) is 1.46. The first-order chi connectivity index (χ1) is 22.7. The van der Waals surface area contributed by atoms with E-state index in [-0.39, 0.29) is 39.9 Å². The molecule has 2 aromatic carbocycles. The normalized spacial score (nSPS) is 29.0. The zero-order chi connectivity index (χ0) is 32.9. The molecule has 0 radical (unpaired) electrons. The predicted molar refractivity (Wildman–Crippen MR) is 183 cm³/mol. The second-order valence-electron chi connectivity index (χ2n) is 13.4. The van der Waals surface area contributed by atoms with Crippen LogP contribution in [0, 0.1) is 18.2 Å². The number of hydrogen-bond donors (Lipinski definition) is 2. The maximum atomic E-state index is 17.2. The largest absolute Gasteiger partial charge is 0.508 e. The van der Waals surface area contributed by atoms with E-state index >= 15 is 4.39 Å². The number of hydrogen-bond acceptors (Lipinski definition) is 8. The van der Waals surface area contributed by atoms with Crippen molar-refractivity contribution in [2.24, 2.45) is 15.0 Å². The standard InChI is InChI=1S/C37H40F2N6O2/c1-5-11-47-20-26-9-10-37(15-22(3)17-45(26)37)21-42-35-30(36(40-4)44-18-24-13-25(19-44)43-24)16-41-34(33(35)39)29-14-27(46)12-23-7-8-31(38)28(6-2)32(23)29/h2,7-8,12,14,16,24-26,43,46H,3-5,9-11,13,15,17-21H2,1H3/b36-30+,42-35?. The lowest BCUT2D eigenvalue weighted by molar-refractivity contribution is 0.0583. The molecule has 0 spiro atoms. The lowest BCUT2D eigenvalue weighted by Gasteiger charge is -2.49. The van der Waals surface area contributed by atoms with Gasteiger partial charge in [0.1, 0.15) is 28.8 Å². The van der Waals surface area contributed by atoms with Crippen LogP contribution in [0.2, 0.25) is 0 Å². The Morgan fingerprint density at radius 1 is 1.28 bits per heavy atom. The highest BCUT2D eigenvalue weighted by molar-refractivity contribution is 6.29. The number of nitrogens with zero attached hydrogens (tertiary/aromatic N) is 5. The van der Waals surface area contributed by atoms with Crippen LogP contribution in [0.15, 0.2) is 68.6 Å². The minimum atomic E-state index is -0.691. The van der Waals surface area contributed by atoms with E-state index in [1.165, 1.54) is 24.3 Å². The zero-order valence-corrected chi connectivity index (χ0v) is 26.7. The number of phenols is 1. The number of piperazine rings is 1. The lowest BCUT2D eigenvalue weighted by Crippen LogP contribution is -2.66. The summed E-state index contributed by atoms with van der Waals surface area (Å²) in [6.45, 7) is 14.2. The molecule has 47 heavy (non-hydrogen) atoms. The van der Waals surface area contributed by atoms with Crippen LogP contribution in [0.3, 0.4) is 0 Å². The molecule has 6 heterocycles. The van der Waals surface area contributed by atoms with Gasteiger partial charge >= 0.3 is 0 Å². The number of terminal acetylenes is 1. The Bertz CT molecular complexity index is 1810. The van der Waals surface area contributed by atoms with Crippen molar-refractivity contribution in [2.45, 2.75) is 62.7 Å². The molecule has 10 heteroatoms. The van der Waals surface area contributed by atoms with Crippen LogP contribution >= 0.6 is 0 Å². The van der Waals surface area contributed by atoms with E-state index in [9.17, 15) is 9.50 Å². The lowest BCUT2D eigenvalue weighted by atomic mass is 9.90. The van der Waals surface area contributed by atoms with E-state index in [4.69, 9.17) is 16.2 Å². The summed E-state index contributed by atoms with van der Waals surface area (Å²) in [4.78, 5) is 18.6. The SMILES string of the molecule is C#Cc1c(F)ccc2cc(O)cc(C3=C(F)C(=NCC45CCC(COCCC)N4CC(=C)C5)/C(=C(\N=C)N4CC5CC(C4)N5)C=N3)c12. The first-order valence-electron chi connectivity index (χ1n) is 16.4. The van der Waals surface area contributed by atoms with Crippen molar-refractivity contribution in [3.8, 4) is 18.1 Å². The van der Waals surface area contributed by atoms with Crippen LogP contribution in [-0.4, -0.2) is 96.6 Å². The quantitative estimate of drug-likeness (QED) is 0.167. The van der Waals surface area contributed by atoms with Crippen molar-refractivity contribution in [3.63, 3.8) is 0 Å².